The molecule has 0 spiro atoms. The number of morpholine rings is 1. The highest BCUT2D eigenvalue weighted by atomic mass is 16.6. The fourth-order valence-corrected chi connectivity index (χ4v) is 3.28. The third-order valence-electron chi connectivity index (χ3n) is 4.59. The molecular weight excluding hydrogens is 312 g/mol. The van der Waals surface area contributed by atoms with Crippen LogP contribution in [-0.4, -0.2) is 43.3 Å². The van der Waals surface area contributed by atoms with Crippen LogP contribution < -0.4 is 4.90 Å². The largest absolute Gasteiger partial charge is 0.459 e. The maximum atomic E-state index is 12.6. The van der Waals surface area contributed by atoms with Gasteiger partial charge in [-0.05, 0) is 31.7 Å². The molecule has 1 aliphatic heterocycles. The van der Waals surface area contributed by atoms with Crippen LogP contribution in [0.5, 0.6) is 0 Å². The summed E-state index contributed by atoms with van der Waals surface area (Å²) in [4.78, 5) is 25.3. The molecule has 7 nitrogen and oxygen atoms in total. The number of nitro groups is 1. The summed E-state index contributed by atoms with van der Waals surface area (Å²) in [7, 11) is 0. The maximum Gasteiger partial charge on any atom is 0.340 e. The van der Waals surface area contributed by atoms with Crippen LogP contribution in [0.2, 0.25) is 0 Å². The van der Waals surface area contributed by atoms with E-state index in [1.807, 2.05) is 4.90 Å². The summed E-state index contributed by atoms with van der Waals surface area (Å²) < 4.78 is 11.0. The maximum absolute atomic E-state index is 12.6. The molecule has 0 unspecified atom stereocenters. The molecule has 130 valence electrons. The molecule has 1 saturated carbocycles. The van der Waals surface area contributed by atoms with E-state index in [-0.39, 0.29) is 17.4 Å². The molecule has 24 heavy (non-hydrogen) atoms. The molecule has 0 aromatic heterocycles. The number of nitrogens with zero attached hydrogens (tertiary/aromatic N) is 2. The van der Waals surface area contributed by atoms with Gasteiger partial charge in [0.15, 0.2) is 0 Å². The highest BCUT2D eigenvalue weighted by Gasteiger charge is 2.25. The zero-order valence-corrected chi connectivity index (χ0v) is 13.6. The minimum absolute atomic E-state index is 0.0805. The Bertz CT molecular complexity index is 607. The number of hydrogen-bond donors (Lipinski definition) is 0. The molecule has 0 bridgehead atoms. The first-order chi connectivity index (χ1) is 11.6. The number of anilines is 1. The van der Waals surface area contributed by atoms with Crippen molar-refractivity contribution in [3.05, 3.63) is 33.9 Å². The summed E-state index contributed by atoms with van der Waals surface area (Å²) >= 11 is 0. The van der Waals surface area contributed by atoms with Gasteiger partial charge in [0.05, 0.1) is 29.4 Å². The second-order valence-corrected chi connectivity index (χ2v) is 6.22. The van der Waals surface area contributed by atoms with Crippen LogP contribution >= 0.6 is 0 Å². The summed E-state index contributed by atoms with van der Waals surface area (Å²) in [6.45, 7) is 2.46. The van der Waals surface area contributed by atoms with Crippen molar-refractivity contribution in [1.82, 2.24) is 0 Å². The standard InChI is InChI=1S/C17H22N2O5/c20-17(24-14-4-2-1-3-5-14)15-12-13(19(21)22)6-7-16(15)18-8-10-23-11-9-18/h6-7,12,14H,1-5,8-11H2. The van der Waals surface area contributed by atoms with E-state index in [2.05, 4.69) is 0 Å². The number of non-ortho nitro benzene ring substituents is 1. The Morgan fingerprint density at radius 3 is 2.58 bits per heavy atom. The third kappa shape index (κ3) is 3.84. The molecule has 1 aliphatic carbocycles. The topological polar surface area (TPSA) is 81.9 Å². The van der Waals surface area contributed by atoms with Crippen LogP contribution in [0.25, 0.3) is 0 Å². The van der Waals surface area contributed by atoms with Crippen molar-refractivity contribution in [3.8, 4) is 0 Å². The average Bonchev–Trinajstić information content (AvgIpc) is 2.62. The van der Waals surface area contributed by atoms with Gasteiger partial charge in [-0.1, -0.05) is 6.42 Å². The Hall–Kier alpha value is -2.15. The van der Waals surface area contributed by atoms with Crippen LogP contribution in [0.1, 0.15) is 42.5 Å². The lowest BCUT2D eigenvalue weighted by Crippen LogP contribution is -2.37. The number of carbonyl (C=O) groups is 1. The van der Waals surface area contributed by atoms with E-state index >= 15 is 0 Å². The number of rotatable bonds is 4. The molecule has 3 rings (SSSR count). The number of benzene rings is 1. The van der Waals surface area contributed by atoms with Crippen molar-refractivity contribution in [2.45, 2.75) is 38.2 Å². The SMILES string of the molecule is O=C(OC1CCCCC1)c1cc([N+](=O)[O-])ccc1N1CCOCC1. The summed E-state index contributed by atoms with van der Waals surface area (Å²) in [5, 5.41) is 11.1. The first-order valence-corrected chi connectivity index (χ1v) is 8.47. The van der Waals surface area contributed by atoms with Crippen molar-refractivity contribution in [2.75, 3.05) is 31.2 Å². The zero-order valence-electron chi connectivity index (χ0n) is 13.6. The fraction of sp³-hybridized carbons (Fsp3) is 0.588. The molecule has 1 saturated heterocycles. The summed E-state index contributed by atoms with van der Waals surface area (Å²) in [5.41, 5.74) is 0.865. The molecule has 0 radical (unpaired) electrons. The van der Waals surface area contributed by atoms with Gasteiger partial charge in [-0.2, -0.15) is 0 Å². The van der Waals surface area contributed by atoms with Gasteiger partial charge in [0, 0.05) is 25.2 Å². The molecule has 0 N–H and O–H groups in total. The Morgan fingerprint density at radius 2 is 1.92 bits per heavy atom. The molecule has 1 aromatic carbocycles. The van der Waals surface area contributed by atoms with Crippen molar-refractivity contribution in [2.24, 2.45) is 0 Å². The van der Waals surface area contributed by atoms with Gasteiger partial charge in [0.2, 0.25) is 0 Å². The van der Waals surface area contributed by atoms with Crippen molar-refractivity contribution < 1.29 is 19.2 Å². The molecule has 2 aliphatic rings. The summed E-state index contributed by atoms with van der Waals surface area (Å²) in [5.74, 6) is -0.466. The number of hydrogen-bond acceptors (Lipinski definition) is 6. The smallest absolute Gasteiger partial charge is 0.340 e. The van der Waals surface area contributed by atoms with Crippen LogP contribution in [0.3, 0.4) is 0 Å². The molecule has 0 amide bonds. The molecule has 1 aromatic rings. The van der Waals surface area contributed by atoms with E-state index in [4.69, 9.17) is 9.47 Å². The van der Waals surface area contributed by atoms with Crippen molar-refractivity contribution >= 4 is 17.3 Å². The minimum Gasteiger partial charge on any atom is -0.459 e. The normalized spacial score (nSPS) is 19.1. The average molecular weight is 334 g/mol. The predicted octanol–water partition coefficient (Wildman–Crippen LogP) is 2.92. The number of carbonyl (C=O) groups excluding carboxylic acids is 1. The van der Waals surface area contributed by atoms with Crippen LogP contribution in [0, 0.1) is 10.1 Å². The van der Waals surface area contributed by atoms with E-state index in [1.54, 1.807) is 6.07 Å². The molecule has 0 atom stereocenters. The highest BCUT2D eigenvalue weighted by molar-refractivity contribution is 5.97. The van der Waals surface area contributed by atoms with Crippen LogP contribution in [-0.2, 0) is 9.47 Å². The lowest BCUT2D eigenvalue weighted by Gasteiger charge is -2.30. The molecular formula is C17H22N2O5. The quantitative estimate of drug-likeness (QED) is 0.478. The zero-order chi connectivity index (χ0) is 16.9. The molecule has 2 fully saturated rings. The first kappa shape index (κ1) is 16.7. The fourth-order valence-electron chi connectivity index (χ4n) is 3.28. The van der Waals surface area contributed by atoms with E-state index in [9.17, 15) is 14.9 Å². The Labute approximate surface area is 140 Å². The Morgan fingerprint density at radius 1 is 1.21 bits per heavy atom. The van der Waals surface area contributed by atoms with E-state index in [1.165, 1.54) is 18.6 Å². The van der Waals surface area contributed by atoms with E-state index < -0.39 is 10.9 Å². The Balaban J connectivity index is 1.85. The van der Waals surface area contributed by atoms with Crippen molar-refractivity contribution in [3.63, 3.8) is 0 Å². The van der Waals surface area contributed by atoms with Gasteiger partial charge in [-0.15, -0.1) is 0 Å². The van der Waals surface area contributed by atoms with Crippen molar-refractivity contribution in [1.29, 1.82) is 0 Å². The molecule has 7 heteroatoms. The van der Waals surface area contributed by atoms with Gasteiger partial charge in [0.25, 0.3) is 5.69 Å². The van der Waals surface area contributed by atoms with E-state index in [0.717, 1.165) is 25.7 Å². The first-order valence-electron chi connectivity index (χ1n) is 8.47. The molecule has 1 heterocycles. The van der Waals surface area contributed by atoms with Gasteiger partial charge >= 0.3 is 5.97 Å². The van der Waals surface area contributed by atoms with Crippen LogP contribution in [0.15, 0.2) is 18.2 Å². The third-order valence-corrected chi connectivity index (χ3v) is 4.59. The lowest BCUT2D eigenvalue weighted by atomic mass is 9.98. The number of esters is 1. The predicted molar refractivity (Wildman–Crippen MR) is 88.4 cm³/mol. The van der Waals surface area contributed by atoms with Gasteiger partial charge < -0.3 is 14.4 Å². The lowest BCUT2D eigenvalue weighted by molar-refractivity contribution is -0.384. The van der Waals surface area contributed by atoms with Gasteiger partial charge in [-0.25, -0.2) is 4.79 Å². The van der Waals surface area contributed by atoms with Gasteiger partial charge in [0.1, 0.15) is 6.10 Å². The second kappa shape index (κ2) is 7.61. The van der Waals surface area contributed by atoms with Gasteiger partial charge in [-0.3, -0.25) is 10.1 Å². The van der Waals surface area contributed by atoms with Crippen LogP contribution in [0.4, 0.5) is 11.4 Å². The second-order valence-electron chi connectivity index (χ2n) is 6.22. The monoisotopic (exact) mass is 334 g/mol. The summed E-state index contributed by atoms with van der Waals surface area (Å²) in [6.07, 6.45) is 4.94. The van der Waals surface area contributed by atoms with E-state index in [0.29, 0.717) is 32.0 Å². The number of ether oxygens (including phenoxy) is 2. The Kier molecular flexibility index (Phi) is 5.30. The number of nitro benzene ring substituents is 1. The highest BCUT2D eigenvalue weighted by Crippen LogP contribution is 2.29. The minimum atomic E-state index is -0.486. The summed E-state index contributed by atoms with van der Waals surface area (Å²) in [6, 6.07) is 4.40.